The summed E-state index contributed by atoms with van der Waals surface area (Å²) in [6, 6.07) is 10.3. The quantitative estimate of drug-likeness (QED) is 0.599. The van der Waals surface area contributed by atoms with Crippen LogP contribution in [-0.4, -0.2) is 29.9 Å². The van der Waals surface area contributed by atoms with Gasteiger partial charge in [0, 0.05) is 0 Å². The lowest BCUT2D eigenvalue weighted by Crippen LogP contribution is -2.04. The molecular weight excluding hydrogens is 314 g/mol. The van der Waals surface area contributed by atoms with Crippen LogP contribution in [0, 0.1) is 20.8 Å². The third-order valence-corrected chi connectivity index (χ3v) is 4.31. The van der Waals surface area contributed by atoms with Crippen molar-refractivity contribution in [2.45, 2.75) is 27.3 Å². The van der Waals surface area contributed by atoms with Crippen LogP contribution in [0.5, 0.6) is 0 Å². The molecule has 0 aliphatic heterocycles. The summed E-state index contributed by atoms with van der Waals surface area (Å²) in [5, 5.41) is 15.3. The van der Waals surface area contributed by atoms with Crippen molar-refractivity contribution >= 4 is 22.5 Å². The van der Waals surface area contributed by atoms with E-state index >= 15 is 0 Å². The van der Waals surface area contributed by atoms with Crippen LogP contribution in [0.15, 0.2) is 36.7 Å². The number of aromatic nitrogens is 6. The van der Waals surface area contributed by atoms with Crippen LogP contribution in [0.4, 0.5) is 11.5 Å². The lowest BCUT2D eigenvalue weighted by molar-refractivity contribution is 0.659. The fourth-order valence-corrected chi connectivity index (χ4v) is 2.95. The van der Waals surface area contributed by atoms with Gasteiger partial charge >= 0.3 is 0 Å². The fourth-order valence-electron chi connectivity index (χ4n) is 2.95. The van der Waals surface area contributed by atoms with Gasteiger partial charge in [0.05, 0.1) is 29.3 Å². The number of H-pyrrole nitrogens is 1. The molecular formula is C18H19N7. The number of fused-ring (bicyclic) bond motifs is 1. The largest absolute Gasteiger partial charge is 0.335 e. The highest BCUT2D eigenvalue weighted by Crippen LogP contribution is 2.27. The minimum Gasteiger partial charge on any atom is -0.335 e. The van der Waals surface area contributed by atoms with Crippen molar-refractivity contribution in [1.82, 2.24) is 29.9 Å². The van der Waals surface area contributed by atoms with E-state index in [0.717, 1.165) is 40.3 Å². The highest BCUT2D eigenvalue weighted by atomic mass is 15.3. The summed E-state index contributed by atoms with van der Waals surface area (Å²) in [6.45, 7) is 6.72. The van der Waals surface area contributed by atoms with Gasteiger partial charge < -0.3 is 5.32 Å². The molecule has 0 aliphatic carbocycles. The van der Waals surface area contributed by atoms with Crippen molar-refractivity contribution < 1.29 is 0 Å². The van der Waals surface area contributed by atoms with Crippen LogP contribution >= 0.6 is 0 Å². The Kier molecular flexibility index (Phi) is 3.68. The highest BCUT2D eigenvalue weighted by molar-refractivity contribution is 5.88. The molecule has 1 aromatic carbocycles. The van der Waals surface area contributed by atoms with Gasteiger partial charge in [-0.15, -0.1) is 0 Å². The first-order valence-corrected chi connectivity index (χ1v) is 8.14. The van der Waals surface area contributed by atoms with E-state index in [-0.39, 0.29) is 0 Å². The summed E-state index contributed by atoms with van der Waals surface area (Å²) in [5.74, 6) is 0.680. The molecule has 3 aromatic heterocycles. The number of hydrogen-bond donors (Lipinski definition) is 2. The average molecular weight is 333 g/mol. The number of rotatable bonds is 4. The standard InChI is InChI=1S/C18H19N7/c1-11-16-17(23-22-11)18(20-10-19-16)21-15-12(2)24-25(13(15)3)9-14-7-5-4-6-8-14/h4-8,10H,9H2,1-3H3,(H,22,23)(H,19,20,21). The zero-order valence-corrected chi connectivity index (χ0v) is 14.4. The molecule has 7 nitrogen and oxygen atoms in total. The first kappa shape index (κ1) is 15.3. The van der Waals surface area contributed by atoms with Gasteiger partial charge in [0.25, 0.3) is 0 Å². The van der Waals surface area contributed by atoms with Crippen molar-refractivity contribution in [2.24, 2.45) is 0 Å². The Morgan fingerprint density at radius 2 is 1.84 bits per heavy atom. The van der Waals surface area contributed by atoms with Gasteiger partial charge in [0.1, 0.15) is 11.8 Å². The molecule has 0 spiro atoms. The number of anilines is 2. The second-order valence-electron chi connectivity index (χ2n) is 6.08. The van der Waals surface area contributed by atoms with E-state index < -0.39 is 0 Å². The lowest BCUT2D eigenvalue weighted by Gasteiger charge is -2.08. The zero-order chi connectivity index (χ0) is 17.4. The normalized spacial score (nSPS) is 11.2. The predicted octanol–water partition coefficient (Wildman–Crippen LogP) is 3.27. The van der Waals surface area contributed by atoms with E-state index in [2.05, 4.69) is 49.6 Å². The third-order valence-electron chi connectivity index (χ3n) is 4.31. The second kappa shape index (κ2) is 6.01. The van der Waals surface area contributed by atoms with Gasteiger partial charge in [0.15, 0.2) is 11.3 Å². The number of nitrogens with one attached hydrogen (secondary N) is 2. The number of hydrogen-bond acceptors (Lipinski definition) is 5. The molecule has 0 radical (unpaired) electrons. The maximum Gasteiger partial charge on any atom is 0.162 e. The Hall–Kier alpha value is -3.22. The number of nitrogens with zero attached hydrogens (tertiary/aromatic N) is 5. The van der Waals surface area contributed by atoms with Crippen molar-refractivity contribution in [3.63, 3.8) is 0 Å². The van der Waals surface area contributed by atoms with Gasteiger partial charge in [-0.25, -0.2) is 9.97 Å². The molecule has 0 saturated carbocycles. The minimum atomic E-state index is 0.680. The zero-order valence-electron chi connectivity index (χ0n) is 14.4. The Bertz CT molecular complexity index is 1030. The molecule has 4 rings (SSSR count). The fraction of sp³-hybridized carbons (Fsp3) is 0.222. The molecule has 2 N–H and O–H groups in total. The Balaban J connectivity index is 1.69. The van der Waals surface area contributed by atoms with Gasteiger partial charge in [-0.3, -0.25) is 9.78 Å². The number of aryl methyl sites for hydroxylation is 2. The van der Waals surface area contributed by atoms with Crippen LogP contribution in [-0.2, 0) is 6.54 Å². The molecule has 0 unspecified atom stereocenters. The van der Waals surface area contributed by atoms with E-state index in [1.165, 1.54) is 5.56 Å². The molecule has 0 fully saturated rings. The minimum absolute atomic E-state index is 0.680. The molecule has 7 heteroatoms. The molecule has 25 heavy (non-hydrogen) atoms. The summed E-state index contributed by atoms with van der Waals surface area (Å²) >= 11 is 0. The molecule has 0 bridgehead atoms. The van der Waals surface area contributed by atoms with Crippen LogP contribution in [0.2, 0.25) is 0 Å². The van der Waals surface area contributed by atoms with Gasteiger partial charge in [-0.05, 0) is 26.3 Å². The topological polar surface area (TPSA) is 84.3 Å². The first-order chi connectivity index (χ1) is 12.1. The first-order valence-electron chi connectivity index (χ1n) is 8.14. The van der Waals surface area contributed by atoms with Gasteiger partial charge in [-0.2, -0.15) is 10.2 Å². The monoisotopic (exact) mass is 333 g/mol. The molecule has 0 atom stereocenters. The lowest BCUT2D eigenvalue weighted by atomic mass is 10.2. The SMILES string of the molecule is Cc1nn(Cc2ccccc2)c(C)c1Nc1ncnc2c(C)[nH]nc12. The van der Waals surface area contributed by atoms with Crippen molar-refractivity contribution in [2.75, 3.05) is 5.32 Å². The van der Waals surface area contributed by atoms with Crippen LogP contribution in [0.1, 0.15) is 22.6 Å². The van der Waals surface area contributed by atoms with E-state index in [1.807, 2.05) is 36.7 Å². The van der Waals surface area contributed by atoms with Crippen LogP contribution in [0.25, 0.3) is 11.0 Å². The Morgan fingerprint density at radius 1 is 1.04 bits per heavy atom. The molecule has 3 heterocycles. The van der Waals surface area contributed by atoms with E-state index in [9.17, 15) is 0 Å². The highest BCUT2D eigenvalue weighted by Gasteiger charge is 2.15. The van der Waals surface area contributed by atoms with E-state index in [1.54, 1.807) is 6.33 Å². The molecule has 0 saturated heterocycles. The summed E-state index contributed by atoms with van der Waals surface area (Å²) in [7, 11) is 0. The average Bonchev–Trinajstić information content (AvgIpc) is 3.12. The molecule has 0 aliphatic rings. The van der Waals surface area contributed by atoms with Crippen molar-refractivity contribution in [3.8, 4) is 0 Å². The molecule has 126 valence electrons. The van der Waals surface area contributed by atoms with Gasteiger partial charge in [-0.1, -0.05) is 30.3 Å². The second-order valence-corrected chi connectivity index (χ2v) is 6.08. The molecule has 0 amide bonds. The predicted molar refractivity (Wildman–Crippen MR) is 96.9 cm³/mol. The Morgan fingerprint density at radius 3 is 2.64 bits per heavy atom. The summed E-state index contributed by atoms with van der Waals surface area (Å²) < 4.78 is 2.00. The number of benzene rings is 1. The maximum absolute atomic E-state index is 4.67. The third kappa shape index (κ3) is 2.73. The van der Waals surface area contributed by atoms with Crippen LogP contribution in [0.3, 0.4) is 0 Å². The Labute approximate surface area is 145 Å². The summed E-state index contributed by atoms with van der Waals surface area (Å²) in [4.78, 5) is 8.63. The van der Waals surface area contributed by atoms with Gasteiger partial charge in [0.2, 0.25) is 0 Å². The molecule has 4 aromatic rings. The maximum atomic E-state index is 4.67. The van der Waals surface area contributed by atoms with Crippen LogP contribution < -0.4 is 5.32 Å². The number of aromatic amines is 1. The summed E-state index contributed by atoms with van der Waals surface area (Å²) in [5.41, 5.74) is 6.63. The smallest absolute Gasteiger partial charge is 0.162 e. The summed E-state index contributed by atoms with van der Waals surface area (Å²) in [6.07, 6.45) is 1.55. The van der Waals surface area contributed by atoms with E-state index in [0.29, 0.717) is 5.82 Å². The van der Waals surface area contributed by atoms with Crippen molar-refractivity contribution in [1.29, 1.82) is 0 Å². The van der Waals surface area contributed by atoms with Crippen molar-refractivity contribution in [3.05, 3.63) is 59.3 Å². The van der Waals surface area contributed by atoms with E-state index in [4.69, 9.17) is 0 Å².